The van der Waals surface area contributed by atoms with Gasteiger partial charge in [-0.05, 0) is 47.9 Å². The van der Waals surface area contributed by atoms with Gasteiger partial charge in [-0.25, -0.2) is 4.98 Å². The Morgan fingerprint density at radius 3 is 2.33 bits per heavy atom. The Morgan fingerprint density at radius 2 is 1.72 bits per heavy atom. The molecule has 1 unspecified atom stereocenters. The number of benzene rings is 2. The summed E-state index contributed by atoms with van der Waals surface area (Å²) in [5.41, 5.74) is 3.38. The average molecular weight is 488 g/mol. The standard InChI is InChI=1S/C29H37N5O2/c1-6-11-25(29(2,3)4)32-26-18-23(31-28(33-26)30-22-14-9-10-15-24(22)35)27(36)34(5)21-16-19-12-7-8-13-20(19)17-21/h7-10,12-15,18,21,25,35H,6,11,16-17H2,1-5H3,(H2,30,31,32,33). The molecule has 0 fully saturated rings. The van der Waals surface area contributed by atoms with E-state index >= 15 is 0 Å². The number of nitrogens with zero attached hydrogens (tertiary/aromatic N) is 3. The fraction of sp³-hybridized carbons (Fsp3) is 0.414. The maximum absolute atomic E-state index is 13.6. The van der Waals surface area contributed by atoms with Crippen molar-refractivity contribution in [3.63, 3.8) is 0 Å². The van der Waals surface area contributed by atoms with E-state index in [1.807, 2.05) is 25.2 Å². The molecule has 3 N–H and O–H groups in total. The van der Waals surface area contributed by atoms with Crippen LogP contribution in [0.5, 0.6) is 5.75 Å². The van der Waals surface area contributed by atoms with E-state index in [0.29, 0.717) is 17.2 Å². The zero-order valence-corrected chi connectivity index (χ0v) is 21.9. The zero-order valence-electron chi connectivity index (χ0n) is 21.9. The van der Waals surface area contributed by atoms with E-state index in [2.05, 4.69) is 60.4 Å². The number of anilines is 3. The van der Waals surface area contributed by atoms with E-state index in [0.717, 1.165) is 25.7 Å². The van der Waals surface area contributed by atoms with E-state index in [-0.39, 0.29) is 35.1 Å². The first-order chi connectivity index (χ1) is 17.2. The Labute approximate surface area is 214 Å². The first-order valence-corrected chi connectivity index (χ1v) is 12.7. The van der Waals surface area contributed by atoms with Crippen LogP contribution < -0.4 is 10.6 Å². The summed E-state index contributed by atoms with van der Waals surface area (Å²) in [6.07, 6.45) is 3.67. The van der Waals surface area contributed by atoms with Gasteiger partial charge in [0.05, 0.1) is 5.69 Å². The smallest absolute Gasteiger partial charge is 0.272 e. The van der Waals surface area contributed by atoms with Crippen LogP contribution in [0.4, 0.5) is 17.5 Å². The molecule has 0 aliphatic heterocycles. The Kier molecular flexibility index (Phi) is 7.48. The second-order valence-corrected chi connectivity index (χ2v) is 10.7. The number of carbonyl (C=O) groups excluding carboxylic acids is 1. The van der Waals surface area contributed by atoms with Crippen LogP contribution in [0.2, 0.25) is 0 Å². The van der Waals surface area contributed by atoms with Gasteiger partial charge in [0.25, 0.3) is 5.91 Å². The molecule has 0 spiro atoms. The lowest BCUT2D eigenvalue weighted by molar-refractivity contribution is 0.0732. The number of phenolic OH excluding ortho intramolecular Hbond substituents is 1. The molecule has 36 heavy (non-hydrogen) atoms. The molecule has 1 heterocycles. The van der Waals surface area contributed by atoms with Gasteiger partial charge in [-0.2, -0.15) is 4.98 Å². The van der Waals surface area contributed by atoms with Gasteiger partial charge in [-0.1, -0.05) is 70.5 Å². The van der Waals surface area contributed by atoms with Crippen molar-refractivity contribution in [3.8, 4) is 5.75 Å². The number of para-hydroxylation sites is 2. The highest BCUT2D eigenvalue weighted by Crippen LogP contribution is 2.30. The van der Waals surface area contributed by atoms with Crippen LogP contribution in [-0.4, -0.2) is 45.0 Å². The fourth-order valence-electron chi connectivity index (χ4n) is 4.73. The Hall–Kier alpha value is -3.61. The summed E-state index contributed by atoms with van der Waals surface area (Å²) < 4.78 is 0. The monoisotopic (exact) mass is 487 g/mol. The van der Waals surface area contributed by atoms with Crippen LogP contribution in [0.15, 0.2) is 54.6 Å². The quantitative estimate of drug-likeness (QED) is 0.348. The molecule has 1 amide bonds. The first kappa shape index (κ1) is 25.5. The summed E-state index contributed by atoms with van der Waals surface area (Å²) >= 11 is 0. The van der Waals surface area contributed by atoms with E-state index in [1.165, 1.54) is 11.1 Å². The van der Waals surface area contributed by atoms with Crippen LogP contribution in [0.1, 0.15) is 62.2 Å². The summed E-state index contributed by atoms with van der Waals surface area (Å²) in [6.45, 7) is 8.75. The average Bonchev–Trinajstić information content (AvgIpc) is 3.28. The van der Waals surface area contributed by atoms with Gasteiger partial charge < -0.3 is 20.6 Å². The molecule has 3 aromatic rings. The van der Waals surface area contributed by atoms with Crippen LogP contribution >= 0.6 is 0 Å². The molecule has 7 heteroatoms. The van der Waals surface area contributed by atoms with Crippen molar-refractivity contribution in [2.75, 3.05) is 17.7 Å². The molecule has 4 rings (SSSR count). The number of hydrogen-bond donors (Lipinski definition) is 3. The van der Waals surface area contributed by atoms with Crippen LogP contribution in [0.3, 0.4) is 0 Å². The van der Waals surface area contributed by atoms with Gasteiger partial charge in [0, 0.05) is 25.2 Å². The number of hydrogen-bond acceptors (Lipinski definition) is 6. The molecule has 1 aromatic heterocycles. The third-order valence-electron chi connectivity index (χ3n) is 6.94. The Morgan fingerprint density at radius 1 is 1.08 bits per heavy atom. The molecule has 0 saturated carbocycles. The summed E-state index contributed by atoms with van der Waals surface area (Å²) in [5.74, 6) is 0.785. The van der Waals surface area contributed by atoms with E-state index < -0.39 is 0 Å². The minimum atomic E-state index is -0.151. The van der Waals surface area contributed by atoms with Crippen molar-refractivity contribution in [1.82, 2.24) is 14.9 Å². The molecule has 0 saturated heterocycles. The fourth-order valence-corrected chi connectivity index (χ4v) is 4.73. The number of likely N-dealkylation sites (N-methyl/N-ethyl adjacent to an activating group) is 1. The molecular weight excluding hydrogens is 450 g/mol. The van der Waals surface area contributed by atoms with Crippen molar-refractivity contribution >= 4 is 23.4 Å². The van der Waals surface area contributed by atoms with Crippen molar-refractivity contribution in [2.45, 2.75) is 65.5 Å². The van der Waals surface area contributed by atoms with Gasteiger partial charge in [-0.3, -0.25) is 4.79 Å². The van der Waals surface area contributed by atoms with E-state index in [9.17, 15) is 9.90 Å². The maximum Gasteiger partial charge on any atom is 0.272 e. The summed E-state index contributed by atoms with van der Waals surface area (Å²) in [7, 11) is 1.85. The second-order valence-electron chi connectivity index (χ2n) is 10.7. The van der Waals surface area contributed by atoms with E-state index in [1.54, 1.807) is 29.2 Å². The SMILES string of the molecule is CCCC(Nc1cc(C(=O)N(C)C2Cc3ccccc3C2)nc(Nc2ccccc2O)n1)C(C)(C)C. The molecule has 190 valence electrons. The largest absolute Gasteiger partial charge is 0.506 e. The molecule has 0 radical (unpaired) electrons. The number of aromatic hydroxyl groups is 1. The van der Waals surface area contributed by atoms with Gasteiger partial charge in [0.1, 0.15) is 17.3 Å². The number of carbonyl (C=O) groups is 1. The van der Waals surface area contributed by atoms with E-state index in [4.69, 9.17) is 0 Å². The highest BCUT2D eigenvalue weighted by Gasteiger charge is 2.30. The van der Waals surface area contributed by atoms with Crippen LogP contribution in [0.25, 0.3) is 0 Å². The first-order valence-electron chi connectivity index (χ1n) is 12.7. The maximum atomic E-state index is 13.6. The van der Waals surface area contributed by atoms with Gasteiger partial charge in [0.15, 0.2) is 0 Å². The number of rotatable bonds is 8. The van der Waals surface area contributed by atoms with Crippen molar-refractivity contribution in [2.24, 2.45) is 5.41 Å². The topological polar surface area (TPSA) is 90.4 Å². The normalized spacial score (nSPS) is 14.2. The van der Waals surface area contributed by atoms with Crippen molar-refractivity contribution in [3.05, 3.63) is 71.4 Å². The molecule has 0 bridgehead atoms. The number of fused-ring (bicyclic) bond motifs is 1. The summed E-state index contributed by atoms with van der Waals surface area (Å²) in [5, 5.41) is 16.9. The predicted molar refractivity (Wildman–Crippen MR) is 145 cm³/mol. The number of amides is 1. The van der Waals surface area contributed by atoms with Gasteiger partial charge in [-0.15, -0.1) is 0 Å². The lowest BCUT2D eigenvalue weighted by Crippen LogP contribution is -2.38. The van der Waals surface area contributed by atoms with Crippen LogP contribution in [0, 0.1) is 5.41 Å². The highest BCUT2D eigenvalue weighted by molar-refractivity contribution is 5.93. The Balaban J connectivity index is 1.64. The number of nitrogens with one attached hydrogen (secondary N) is 2. The summed E-state index contributed by atoms with van der Waals surface area (Å²) in [4.78, 5) is 24.7. The third-order valence-corrected chi connectivity index (χ3v) is 6.94. The molecule has 1 atom stereocenters. The lowest BCUT2D eigenvalue weighted by Gasteiger charge is -2.32. The number of aromatic nitrogens is 2. The van der Waals surface area contributed by atoms with Crippen LogP contribution in [-0.2, 0) is 12.8 Å². The second kappa shape index (κ2) is 10.6. The van der Waals surface area contributed by atoms with Gasteiger partial charge >= 0.3 is 0 Å². The molecule has 1 aliphatic carbocycles. The summed E-state index contributed by atoms with van der Waals surface area (Å²) in [6, 6.07) is 17.3. The van der Waals surface area contributed by atoms with Crippen molar-refractivity contribution in [1.29, 1.82) is 0 Å². The molecule has 7 nitrogen and oxygen atoms in total. The predicted octanol–water partition coefficient (Wildman–Crippen LogP) is 5.79. The molecular formula is C29H37N5O2. The zero-order chi connectivity index (χ0) is 25.9. The highest BCUT2D eigenvalue weighted by atomic mass is 16.3. The third kappa shape index (κ3) is 5.78. The Bertz CT molecular complexity index is 1200. The number of phenols is 1. The lowest BCUT2D eigenvalue weighted by atomic mass is 9.84. The molecule has 1 aliphatic rings. The minimum absolute atomic E-state index is 0.00282. The molecule has 2 aromatic carbocycles. The van der Waals surface area contributed by atoms with Gasteiger partial charge in [0.2, 0.25) is 5.95 Å². The van der Waals surface area contributed by atoms with Crippen molar-refractivity contribution < 1.29 is 9.90 Å². The minimum Gasteiger partial charge on any atom is -0.506 e.